The molecule has 1 aliphatic carbocycles. The predicted molar refractivity (Wildman–Crippen MR) is 85.2 cm³/mol. The van der Waals surface area contributed by atoms with Crippen molar-refractivity contribution in [3.63, 3.8) is 0 Å². The molecule has 110 valence electrons. The maximum absolute atomic E-state index is 12.2. The van der Waals surface area contributed by atoms with Gasteiger partial charge in [-0.15, -0.1) is 0 Å². The van der Waals surface area contributed by atoms with E-state index in [-0.39, 0.29) is 5.78 Å². The summed E-state index contributed by atoms with van der Waals surface area (Å²) >= 11 is 5.94. The van der Waals surface area contributed by atoms with Gasteiger partial charge < -0.3 is 0 Å². The van der Waals surface area contributed by atoms with E-state index in [0.29, 0.717) is 22.9 Å². The Kier molecular flexibility index (Phi) is 3.01. The highest BCUT2D eigenvalue weighted by Crippen LogP contribution is 2.29. The molecule has 2 heterocycles. The Bertz CT molecular complexity index is 883. The highest BCUT2D eigenvalue weighted by Gasteiger charge is 2.25. The van der Waals surface area contributed by atoms with Gasteiger partial charge in [0.25, 0.3) is 0 Å². The molecule has 4 rings (SSSR count). The Morgan fingerprint density at radius 1 is 1.18 bits per heavy atom. The minimum Gasteiger partial charge on any atom is -0.294 e. The van der Waals surface area contributed by atoms with Crippen molar-refractivity contribution < 1.29 is 4.79 Å². The fourth-order valence-electron chi connectivity index (χ4n) is 3.00. The average molecular weight is 312 g/mol. The van der Waals surface area contributed by atoms with Crippen LogP contribution in [0, 0.1) is 5.92 Å². The molecule has 0 amide bonds. The number of hydrogen-bond acceptors (Lipinski definition) is 3. The number of benzene rings is 1. The van der Waals surface area contributed by atoms with Crippen LogP contribution in [0.4, 0.5) is 0 Å². The number of rotatable bonds is 1. The summed E-state index contributed by atoms with van der Waals surface area (Å²) in [5.74, 6) is 0.503. The maximum atomic E-state index is 12.2. The monoisotopic (exact) mass is 311 g/mol. The molecule has 1 unspecified atom stereocenters. The second-order valence-electron chi connectivity index (χ2n) is 5.87. The molecule has 4 nitrogen and oxygen atoms in total. The summed E-state index contributed by atoms with van der Waals surface area (Å²) in [7, 11) is 0. The van der Waals surface area contributed by atoms with E-state index >= 15 is 0 Å². The molecule has 22 heavy (non-hydrogen) atoms. The number of nitrogens with zero attached hydrogens (tertiary/aromatic N) is 3. The minimum atomic E-state index is 0.159. The van der Waals surface area contributed by atoms with Crippen LogP contribution in [0.5, 0.6) is 0 Å². The molecule has 0 saturated carbocycles. The summed E-state index contributed by atoms with van der Waals surface area (Å²) in [5, 5.41) is 5.05. The van der Waals surface area contributed by atoms with Crippen LogP contribution in [0.1, 0.15) is 29.4 Å². The molecule has 3 aromatic rings. The van der Waals surface area contributed by atoms with E-state index in [1.165, 1.54) is 0 Å². The zero-order chi connectivity index (χ0) is 15.3. The molecule has 0 radical (unpaired) electrons. The first-order valence-corrected chi connectivity index (χ1v) is 7.66. The molecule has 0 bridgehead atoms. The maximum Gasteiger partial charge on any atom is 0.166 e. The standard InChI is InChI=1S/C17H14ClN3O/c1-10-6-15-14(16(22)7-10)9-21-17(20-15)13(8-19-21)11-2-4-12(18)5-3-11/h2-5,8-10H,6-7H2,1H3. The Hall–Kier alpha value is -2.20. The highest BCUT2D eigenvalue weighted by atomic mass is 35.5. The molecule has 1 atom stereocenters. The molecular formula is C17H14ClN3O. The van der Waals surface area contributed by atoms with Crippen LogP contribution < -0.4 is 0 Å². The first kappa shape index (κ1) is 13.5. The van der Waals surface area contributed by atoms with Crippen molar-refractivity contribution in [3.8, 4) is 11.1 Å². The average Bonchev–Trinajstić information content (AvgIpc) is 2.89. The molecule has 1 aromatic carbocycles. The Morgan fingerprint density at radius 2 is 1.95 bits per heavy atom. The molecule has 1 aliphatic rings. The van der Waals surface area contributed by atoms with E-state index in [2.05, 4.69) is 12.0 Å². The van der Waals surface area contributed by atoms with Gasteiger partial charge in [0.2, 0.25) is 0 Å². The van der Waals surface area contributed by atoms with Gasteiger partial charge in [0.05, 0.1) is 17.5 Å². The molecule has 2 aromatic heterocycles. The molecule has 0 fully saturated rings. The Morgan fingerprint density at radius 3 is 2.73 bits per heavy atom. The van der Waals surface area contributed by atoms with Gasteiger partial charge in [-0.25, -0.2) is 9.50 Å². The summed E-state index contributed by atoms with van der Waals surface area (Å²) in [6, 6.07) is 7.61. The normalized spacial score (nSPS) is 17.7. The lowest BCUT2D eigenvalue weighted by Crippen LogP contribution is -2.20. The summed E-state index contributed by atoms with van der Waals surface area (Å²) in [5.41, 5.74) is 4.33. The number of hydrogen-bond donors (Lipinski definition) is 0. The molecule has 0 spiro atoms. The van der Waals surface area contributed by atoms with Gasteiger partial charge in [0.1, 0.15) is 0 Å². The van der Waals surface area contributed by atoms with Crippen LogP contribution in [0.25, 0.3) is 16.8 Å². The van der Waals surface area contributed by atoms with Crippen LogP contribution in [0.3, 0.4) is 0 Å². The van der Waals surface area contributed by atoms with E-state index < -0.39 is 0 Å². The number of aromatic nitrogens is 3. The Labute approximate surface area is 132 Å². The summed E-state index contributed by atoms with van der Waals surface area (Å²) in [4.78, 5) is 16.9. The van der Waals surface area contributed by atoms with Gasteiger partial charge in [-0.05, 0) is 30.0 Å². The van der Waals surface area contributed by atoms with Crippen molar-refractivity contribution in [1.82, 2.24) is 14.6 Å². The second kappa shape index (κ2) is 4.92. The van der Waals surface area contributed by atoms with Crippen molar-refractivity contribution in [3.05, 3.63) is 52.9 Å². The fourth-order valence-corrected chi connectivity index (χ4v) is 3.12. The lowest BCUT2D eigenvalue weighted by molar-refractivity contribution is 0.0951. The first-order chi connectivity index (χ1) is 10.6. The van der Waals surface area contributed by atoms with E-state index in [9.17, 15) is 4.79 Å². The number of ketones is 1. The van der Waals surface area contributed by atoms with Crippen molar-refractivity contribution in [2.24, 2.45) is 5.92 Å². The summed E-state index contributed by atoms with van der Waals surface area (Å²) < 4.78 is 1.69. The van der Waals surface area contributed by atoms with E-state index in [1.807, 2.05) is 30.5 Å². The van der Waals surface area contributed by atoms with Crippen molar-refractivity contribution in [2.75, 3.05) is 0 Å². The third-order valence-corrected chi connectivity index (χ3v) is 4.36. The second-order valence-corrected chi connectivity index (χ2v) is 6.31. The molecule has 5 heteroatoms. The molecule has 0 saturated heterocycles. The zero-order valence-corrected chi connectivity index (χ0v) is 12.8. The minimum absolute atomic E-state index is 0.159. The summed E-state index contributed by atoms with van der Waals surface area (Å²) in [6.45, 7) is 2.09. The molecule has 0 N–H and O–H groups in total. The van der Waals surface area contributed by atoms with E-state index in [1.54, 1.807) is 10.7 Å². The largest absolute Gasteiger partial charge is 0.294 e. The third kappa shape index (κ3) is 2.11. The topological polar surface area (TPSA) is 47.3 Å². The van der Waals surface area contributed by atoms with Crippen LogP contribution >= 0.6 is 11.6 Å². The number of Topliss-reactive ketones (excluding diaryl/α,β-unsaturated/α-hetero) is 1. The fraction of sp³-hybridized carbons (Fsp3) is 0.235. The van der Waals surface area contributed by atoms with Gasteiger partial charge in [-0.2, -0.15) is 5.10 Å². The van der Waals surface area contributed by atoms with Crippen molar-refractivity contribution in [2.45, 2.75) is 19.8 Å². The molecular weight excluding hydrogens is 298 g/mol. The third-order valence-electron chi connectivity index (χ3n) is 4.10. The lowest BCUT2D eigenvalue weighted by atomic mass is 9.88. The Balaban J connectivity index is 1.90. The predicted octanol–water partition coefficient (Wildman–Crippen LogP) is 3.81. The van der Waals surface area contributed by atoms with Gasteiger partial charge in [0.15, 0.2) is 11.4 Å². The van der Waals surface area contributed by atoms with E-state index in [0.717, 1.165) is 28.9 Å². The van der Waals surface area contributed by atoms with Crippen LogP contribution in [-0.2, 0) is 6.42 Å². The van der Waals surface area contributed by atoms with Crippen molar-refractivity contribution in [1.29, 1.82) is 0 Å². The van der Waals surface area contributed by atoms with Crippen molar-refractivity contribution >= 4 is 23.0 Å². The SMILES string of the molecule is CC1CC(=O)c2cn3ncc(-c4ccc(Cl)cc4)c3nc2C1. The lowest BCUT2D eigenvalue weighted by Gasteiger charge is -2.19. The van der Waals surface area contributed by atoms with Gasteiger partial charge in [-0.1, -0.05) is 30.7 Å². The number of carbonyl (C=O) groups is 1. The number of fused-ring (bicyclic) bond motifs is 2. The van der Waals surface area contributed by atoms with Gasteiger partial charge in [0, 0.05) is 23.2 Å². The van der Waals surface area contributed by atoms with E-state index in [4.69, 9.17) is 16.6 Å². The first-order valence-electron chi connectivity index (χ1n) is 7.28. The summed E-state index contributed by atoms with van der Waals surface area (Å²) in [6.07, 6.45) is 5.02. The molecule has 0 aliphatic heterocycles. The number of carbonyl (C=O) groups excluding carboxylic acids is 1. The van der Waals surface area contributed by atoms with Crippen LogP contribution in [0.2, 0.25) is 5.02 Å². The van der Waals surface area contributed by atoms with Gasteiger partial charge >= 0.3 is 0 Å². The zero-order valence-electron chi connectivity index (χ0n) is 12.1. The van der Waals surface area contributed by atoms with Crippen LogP contribution in [-0.4, -0.2) is 20.4 Å². The quantitative estimate of drug-likeness (QED) is 0.686. The van der Waals surface area contributed by atoms with Crippen LogP contribution in [0.15, 0.2) is 36.7 Å². The van der Waals surface area contributed by atoms with Gasteiger partial charge in [-0.3, -0.25) is 4.79 Å². The smallest absolute Gasteiger partial charge is 0.166 e. The highest BCUT2D eigenvalue weighted by molar-refractivity contribution is 6.30. The number of halogens is 1.